The smallest absolute Gasteiger partial charge is 0.407 e. The summed E-state index contributed by atoms with van der Waals surface area (Å²) in [6.07, 6.45) is -1.01. The monoisotopic (exact) mass is 296 g/mol. The quantitative estimate of drug-likeness (QED) is 0.836. The third-order valence-electron chi connectivity index (χ3n) is 4.12. The average Bonchev–Trinajstić information content (AvgIpc) is 2.44. The lowest BCUT2D eigenvalue weighted by Crippen LogP contribution is -2.52. The van der Waals surface area contributed by atoms with Gasteiger partial charge in [-0.25, -0.2) is 9.18 Å². The second kappa shape index (κ2) is 5.77. The van der Waals surface area contributed by atoms with Crippen LogP contribution in [-0.4, -0.2) is 40.8 Å². The third kappa shape index (κ3) is 2.87. The van der Waals surface area contributed by atoms with E-state index in [-0.39, 0.29) is 26.1 Å². The molecular weight excluding hydrogens is 279 g/mol. The van der Waals surface area contributed by atoms with E-state index >= 15 is 0 Å². The van der Waals surface area contributed by atoms with E-state index in [2.05, 4.69) is 5.18 Å². The minimum absolute atomic E-state index is 0.00688. The fraction of sp³-hybridized carbons (Fsp3) is 0.500. The number of aryl methyl sites for hydroxylation is 1. The highest BCUT2D eigenvalue weighted by molar-refractivity contribution is 5.65. The summed E-state index contributed by atoms with van der Waals surface area (Å²) in [6, 6.07) is 4.40. The van der Waals surface area contributed by atoms with Crippen LogP contribution in [0.25, 0.3) is 0 Å². The van der Waals surface area contributed by atoms with Crippen LogP contribution in [0.1, 0.15) is 17.5 Å². The van der Waals surface area contributed by atoms with Gasteiger partial charge in [0, 0.05) is 19.0 Å². The molecule has 0 aliphatic carbocycles. The molecule has 1 saturated heterocycles. The van der Waals surface area contributed by atoms with Crippen molar-refractivity contribution in [3.63, 3.8) is 0 Å². The van der Waals surface area contributed by atoms with Crippen molar-refractivity contribution in [2.24, 2.45) is 11.1 Å². The summed E-state index contributed by atoms with van der Waals surface area (Å²) in [6.45, 7) is 1.50. The maximum absolute atomic E-state index is 13.7. The lowest BCUT2D eigenvalue weighted by atomic mass is 9.76. The topological polar surface area (TPSA) is 90.2 Å². The zero-order valence-corrected chi connectivity index (χ0v) is 11.6. The molecule has 6 nitrogen and oxygen atoms in total. The van der Waals surface area contributed by atoms with Crippen molar-refractivity contribution in [3.05, 3.63) is 40.1 Å². The first-order chi connectivity index (χ1) is 9.88. The number of carbonyl (C=O) groups is 1. The summed E-state index contributed by atoms with van der Waals surface area (Å²) in [7, 11) is 0. The Morgan fingerprint density at radius 1 is 1.57 bits per heavy atom. The van der Waals surface area contributed by atoms with E-state index in [1.165, 1.54) is 6.07 Å². The van der Waals surface area contributed by atoms with Gasteiger partial charge in [0.1, 0.15) is 5.82 Å². The Bertz CT molecular complexity index is 566. The number of nitrogens with zero attached hydrogens (tertiary/aromatic N) is 2. The van der Waals surface area contributed by atoms with Crippen LogP contribution in [-0.2, 0) is 5.60 Å². The van der Waals surface area contributed by atoms with Gasteiger partial charge in [-0.05, 0) is 30.5 Å². The summed E-state index contributed by atoms with van der Waals surface area (Å²) < 4.78 is 13.7. The van der Waals surface area contributed by atoms with Gasteiger partial charge >= 0.3 is 6.09 Å². The Labute approximate surface area is 121 Å². The van der Waals surface area contributed by atoms with E-state index in [0.717, 1.165) is 4.90 Å². The minimum Gasteiger partial charge on any atom is -0.465 e. The van der Waals surface area contributed by atoms with Crippen molar-refractivity contribution in [1.29, 1.82) is 0 Å². The van der Waals surface area contributed by atoms with Crippen molar-refractivity contribution in [2.45, 2.75) is 18.9 Å². The number of nitroso groups, excluding NO2 is 1. The molecule has 1 aliphatic rings. The van der Waals surface area contributed by atoms with E-state index < -0.39 is 23.4 Å². The van der Waals surface area contributed by atoms with Crippen LogP contribution >= 0.6 is 0 Å². The van der Waals surface area contributed by atoms with Crippen LogP contribution in [0, 0.1) is 23.6 Å². The van der Waals surface area contributed by atoms with Crippen LogP contribution in [0.3, 0.4) is 0 Å². The fourth-order valence-corrected chi connectivity index (χ4v) is 2.73. The van der Waals surface area contributed by atoms with Crippen LogP contribution in [0.15, 0.2) is 23.4 Å². The summed E-state index contributed by atoms with van der Waals surface area (Å²) in [5.74, 6) is -1.14. The first kappa shape index (κ1) is 15.4. The molecule has 2 unspecified atom stereocenters. The van der Waals surface area contributed by atoms with E-state index in [4.69, 9.17) is 5.11 Å². The van der Waals surface area contributed by atoms with Crippen molar-refractivity contribution in [1.82, 2.24) is 4.90 Å². The van der Waals surface area contributed by atoms with Crippen molar-refractivity contribution >= 4 is 6.09 Å². The Hall–Kier alpha value is -2.02. The number of likely N-dealkylation sites (tertiary alicyclic amines) is 1. The molecule has 1 fully saturated rings. The Morgan fingerprint density at radius 3 is 2.86 bits per heavy atom. The lowest BCUT2D eigenvalue weighted by molar-refractivity contribution is -0.0689. The highest BCUT2D eigenvalue weighted by Crippen LogP contribution is 2.38. The minimum atomic E-state index is -1.45. The van der Waals surface area contributed by atoms with Gasteiger partial charge in [0.15, 0.2) is 0 Å². The number of hydrogen-bond acceptors (Lipinski definition) is 4. The van der Waals surface area contributed by atoms with Gasteiger partial charge < -0.3 is 15.1 Å². The maximum atomic E-state index is 13.7. The van der Waals surface area contributed by atoms with E-state index in [1.807, 2.05) is 0 Å². The molecule has 1 amide bonds. The second-order valence-corrected chi connectivity index (χ2v) is 5.38. The number of halogens is 1. The second-order valence-electron chi connectivity index (χ2n) is 5.38. The molecule has 0 saturated carbocycles. The molecule has 1 heterocycles. The van der Waals surface area contributed by atoms with E-state index in [0.29, 0.717) is 11.1 Å². The lowest BCUT2D eigenvalue weighted by Gasteiger charge is -2.43. The standard InChI is InChI=1S/C14H17FN2O4/c1-9-2-3-10(6-12(9)15)14(20)4-5-17(13(18)19)8-11(14)7-16-21/h2-3,6,11,20H,4-5,7-8H2,1H3,(H,18,19). The Kier molecular flexibility index (Phi) is 4.22. The third-order valence-corrected chi connectivity index (χ3v) is 4.12. The van der Waals surface area contributed by atoms with Crippen molar-refractivity contribution in [2.75, 3.05) is 19.6 Å². The molecule has 1 aromatic rings. The fourth-order valence-electron chi connectivity index (χ4n) is 2.73. The predicted molar refractivity (Wildman–Crippen MR) is 73.4 cm³/mol. The largest absolute Gasteiger partial charge is 0.465 e. The zero-order valence-electron chi connectivity index (χ0n) is 11.6. The summed E-state index contributed by atoms with van der Waals surface area (Å²) in [5, 5.41) is 22.7. The molecule has 2 rings (SSSR count). The number of carboxylic acid groups (broad SMARTS) is 1. The number of piperidine rings is 1. The van der Waals surface area contributed by atoms with Crippen LogP contribution in [0.2, 0.25) is 0 Å². The zero-order chi connectivity index (χ0) is 15.6. The van der Waals surface area contributed by atoms with Gasteiger partial charge in [0.05, 0.1) is 12.1 Å². The molecule has 0 bridgehead atoms. The molecule has 7 heteroatoms. The van der Waals surface area contributed by atoms with Crippen LogP contribution in [0.5, 0.6) is 0 Å². The molecule has 1 aliphatic heterocycles. The maximum Gasteiger partial charge on any atom is 0.407 e. The molecular formula is C14H17FN2O4. The van der Waals surface area contributed by atoms with E-state index in [1.54, 1.807) is 19.1 Å². The molecule has 1 aromatic carbocycles. The van der Waals surface area contributed by atoms with E-state index in [9.17, 15) is 19.2 Å². The Balaban J connectivity index is 2.35. The number of aliphatic hydroxyl groups is 1. The van der Waals surface area contributed by atoms with Crippen molar-refractivity contribution in [3.8, 4) is 0 Å². The van der Waals surface area contributed by atoms with Gasteiger partial charge in [0.2, 0.25) is 0 Å². The first-order valence-electron chi connectivity index (χ1n) is 6.64. The molecule has 2 N–H and O–H groups in total. The van der Waals surface area contributed by atoms with Gasteiger partial charge in [-0.2, -0.15) is 4.91 Å². The molecule has 0 spiro atoms. The number of hydrogen-bond donors (Lipinski definition) is 2. The molecule has 21 heavy (non-hydrogen) atoms. The average molecular weight is 296 g/mol. The first-order valence-corrected chi connectivity index (χ1v) is 6.64. The highest BCUT2D eigenvalue weighted by atomic mass is 19.1. The Morgan fingerprint density at radius 2 is 2.29 bits per heavy atom. The number of benzene rings is 1. The van der Waals surface area contributed by atoms with Crippen LogP contribution < -0.4 is 0 Å². The predicted octanol–water partition coefficient (Wildman–Crippen LogP) is 2.09. The molecule has 0 aromatic heterocycles. The number of amides is 1. The highest BCUT2D eigenvalue weighted by Gasteiger charge is 2.44. The van der Waals surface area contributed by atoms with Gasteiger partial charge in [-0.3, -0.25) is 0 Å². The van der Waals surface area contributed by atoms with Crippen molar-refractivity contribution < 1.29 is 19.4 Å². The number of rotatable bonds is 3. The molecule has 2 atom stereocenters. The van der Waals surface area contributed by atoms with Gasteiger partial charge in [0.25, 0.3) is 0 Å². The summed E-state index contributed by atoms with van der Waals surface area (Å²) >= 11 is 0. The van der Waals surface area contributed by atoms with Gasteiger partial charge in [-0.15, -0.1) is 0 Å². The SMILES string of the molecule is Cc1ccc(C2(O)CCN(C(=O)O)CC2CN=O)cc1F. The molecule has 114 valence electrons. The summed E-state index contributed by atoms with van der Waals surface area (Å²) in [4.78, 5) is 22.7. The van der Waals surface area contributed by atoms with Gasteiger partial charge in [-0.1, -0.05) is 17.3 Å². The van der Waals surface area contributed by atoms with Crippen LogP contribution in [0.4, 0.5) is 9.18 Å². The normalized spacial score (nSPS) is 25.7. The summed E-state index contributed by atoms with van der Waals surface area (Å²) in [5.41, 5.74) is -0.645. The molecule has 0 radical (unpaired) electrons.